The number of hydrogen-bond donors (Lipinski definition) is 1. The average Bonchev–Trinajstić information content (AvgIpc) is 2.67. The van der Waals surface area contributed by atoms with Crippen molar-refractivity contribution in [2.75, 3.05) is 19.7 Å². The number of benzene rings is 1. The van der Waals surface area contributed by atoms with Crippen LogP contribution in [0.4, 0.5) is 4.39 Å². The predicted octanol–water partition coefficient (Wildman–Crippen LogP) is 2.32. The lowest BCUT2D eigenvalue weighted by Crippen LogP contribution is -2.46. The molecule has 1 N–H and O–H groups in total. The van der Waals surface area contributed by atoms with Crippen LogP contribution in [-0.4, -0.2) is 50.9 Å². The van der Waals surface area contributed by atoms with Crippen LogP contribution in [0.3, 0.4) is 0 Å². The number of amides is 1. The number of hydrogen-bond acceptors (Lipinski definition) is 5. The van der Waals surface area contributed by atoms with E-state index in [1.54, 1.807) is 11.8 Å². The van der Waals surface area contributed by atoms with Crippen molar-refractivity contribution in [3.05, 3.63) is 30.1 Å². The van der Waals surface area contributed by atoms with Crippen molar-refractivity contribution in [3.8, 4) is 0 Å². The Labute approximate surface area is 171 Å². The topological polar surface area (TPSA) is 92.8 Å². The number of ether oxygens (including phenoxy) is 1. The first-order valence-electron chi connectivity index (χ1n) is 9.86. The normalized spacial score (nSPS) is 16.7. The van der Waals surface area contributed by atoms with E-state index in [0.717, 1.165) is 12.1 Å². The van der Waals surface area contributed by atoms with Crippen molar-refractivity contribution in [2.24, 2.45) is 11.8 Å². The summed E-state index contributed by atoms with van der Waals surface area (Å²) in [7, 11) is -3.87. The molecule has 1 heterocycles. The number of carbonyl (C=O) groups is 2. The highest BCUT2D eigenvalue weighted by molar-refractivity contribution is 7.89. The van der Waals surface area contributed by atoms with Crippen LogP contribution in [0.25, 0.3) is 0 Å². The highest BCUT2D eigenvalue weighted by Gasteiger charge is 2.31. The molecule has 1 aliphatic rings. The Bertz CT molecular complexity index is 803. The number of nitrogens with one attached hydrogen (secondary N) is 1. The van der Waals surface area contributed by atoms with E-state index in [1.165, 1.54) is 12.1 Å². The minimum Gasteiger partial charge on any atom is -0.466 e. The SMILES string of the molecule is CCOC(=O)C1CCN(C(=O)CC(NS(=O)(=O)c2ccc(F)cc2)C(C)C)CC1. The van der Waals surface area contributed by atoms with E-state index in [0.29, 0.717) is 32.5 Å². The Morgan fingerprint density at radius 2 is 1.79 bits per heavy atom. The van der Waals surface area contributed by atoms with Crippen molar-refractivity contribution < 1.29 is 27.1 Å². The van der Waals surface area contributed by atoms with E-state index in [1.807, 2.05) is 13.8 Å². The molecule has 1 saturated heterocycles. The Morgan fingerprint density at radius 1 is 1.21 bits per heavy atom. The second kappa shape index (κ2) is 10.2. The number of carbonyl (C=O) groups excluding carboxylic acids is 2. The van der Waals surface area contributed by atoms with Crippen LogP contribution < -0.4 is 4.72 Å². The van der Waals surface area contributed by atoms with Crippen molar-refractivity contribution in [1.82, 2.24) is 9.62 Å². The maximum atomic E-state index is 13.1. The molecular weight excluding hydrogens is 399 g/mol. The van der Waals surface area contributed by atoms with Crippen LogP contribution in [0.2, 0.25) is 0 Å². The molecule has 162 valence electrons. The third-order valence-electron chi connectivity index (χ3n) is 5.10. The molecule has 0 bridgehead atoms. The minimum absolute atomic E-state index is 0.0160. The number of nitrogens with zero attached hydrogens (tertiary/aromatic N) is 1. The summed E-state index contributed by atoms with van der Waals surface area (Å²) in [5.74, 6) is -1.23. The van der Waals surface area contributed by atoms with E-state index in [9.17, 15) is 22.4 Å². The fourth-order valence-corrected chi connectivity index (χ4v) is 4.62. The molecule has 7 nitrogen and oxygen atoms in total. The third kappa shape index (κ3) is 6.50. The molecule has 0 aromatic heterocycles. The first kappa shape index (κ1) is 23.3. The molecule has 2 rings (SSSR count). The lowest BCUT2D eigenvalue weighted by Gasteiger charge is -2.32. The van der Waals surface area contributed by atoms with Crippen LogP contribution in [0.15, 0.2) is 29.2 Å². The number of likely N-dealkylation sites (tertiary alicyclic amines) is 1. The average molecular weight is 429 g/mol. The largest absolute Gasteiger partial charge is 0.466 e. The quantitative estimate of drug-likeness (QED) is 0.642. The van der Waals surface area contributed by atoms with Gasteiger partial charge in [-0.15, -0.1) is 0 Å². The maximum Gasteiger partial charge on any atom is 0.309 e. The summed E-state index contributed by atoms with van der Waals surface area (Å²) in [5, 5.41) is 0. The zero-order chi connectivity index (χ0) is 21.6. The maximum absolute atomic E-state index is 13.1. The molecule has 1 atom stereocenters. The van der Waals surface area contributed by atoms with Gasteiger partial charge < -0.3 is 9.64 Å². The fourth-order valence-electron chi connectivity index (χ4n) is 3.24. The zero-order valence-corrected chi connectivity index (χ0v) is 17.9. The predicted molar refractivity (Wildman–Crippen MR) is 106 cm³/mol. The first-order valence-corrected chi connectivity index (χ1v) is 11.3. The molecule has 9 heteroatoms. The van der Waals surface area contributed by atoms with Gasteiger partial charge in [0.2, 0.25) is 15.9 Å². The van der Waals surface area contributed by atoms with Crippen molar-refractivity contribution in [1.29, 1.82) is 0 Å². The summed E-state index contributed by atoms with van der Waals surface area (Å²) in [4.78, 5) is 26.2. The molecule has 0 spiro atoms. The molecule has 1 unspecified atom stereocenters. The standard InChI is InChI=1S/C20H29FN2O5S/c1-4-28-20(25)15-9-11-23(12-10-15)19(24)13-18(14(2)3)22-29(26,27)17-7-5-16(21)6-8-17/h5-8,14-15,18,22H,4,9-13H2,1-3H3. The van der Waals surface area contributed by atoms with Crippen molar-refractivity contribution in [2.45, 2.75) is 51.0 Å². The summed E-state index contributed by atoms with van der Waals surface area (Å²) in [6, 6.07) is 3.95. The summed E-state index contributed by atoms with van der Waals surface area (Å²) in [6.07, 6.45) is 1.10. The van der Waals surface area contributed by atoms with Crippen LogP contribution in [0, 0.1) is 17.7 Å². The molecule has 1 aromatic rings. The van der Waals surface area contributed by atoms with Gasteiger partial charge in [0.1, 0.15) is 5.82 Å². The van der Waals surface area contributed by atoms with Gasteiger partial charge in [-0.25, -0.2) is 17.5 Å². The van der Waals surface area contributed by atoms with Gasteiger partial charge >= 0.3 is 5.97 Å². The smallest absolute Gasteiger partial charge is 0.309 e. The molecule has 1 fully saturated rings. The summed E-state index contributed by atoms with van der Waals surface area (Å²) >= 11 is 0. The molecule has 1 aromatic carbocycles. The molecule has 29 heavy (non-hydrogen) atoms. The van der Waals surface area contributed by atoms with Gasteiger partial charge in [0.05, 0.1) is 17.4 Å². The van der Waals surface area contributed by atoms with Gasteiger partial charge in [-0.2, -0.15) is 0 Å². The molecule has 1 amide bonds. The minimum atomic E-state index is -3.87. The fraction of sp³-hybridized carbons (Fsp3) is 0.600. The highest BCUT2D eigenvalue weighted by Crippen LogP contribution is 2.21. The van der Waals surface area contributed by atoms with Crippen LogP contribution in [0.1, 0.15) is 40.0 Å². The summed E-state index contributed by atoms with van der Waals surface area (Å²) in [5.41, 5.74) is 0. The molecule has 0 saturated carbocycles. The van der Waals surface area contributed by atoms with Gasteiger partial charge in [-0.1, -0.05) is 13.8 Å². The van der Waals surface area contributed by atoms with Gasteiger partial charge in [0.15, 0.2) is 0 Å². The van der Waals surface area contributed by atoms with Crippen LogP contribution in [0.5, 0.6) is 0 Å². The lowest BCUT2D eigenvalue weighted by atomic mass is 9.95. The monoisotopic (exact) mass is 428 g/mol. The van der Waals surface area contributed by atoms with E-state index in [2.05, 4.69) is 4.72 Å². The second-order valence-corrected chi connectivity index (χ2v) is 9.25. The van der Waals surface area contributed by atoms with Crippen LogP contribution in [-0.2, 0) is 24.3 Å². The molecule has 0 radical (unpaired) electrons. The molecular formula is C20H29FN2O5S. The van der Waals surface area contributed by atoms with E-state index in [-0.39, 0.29) is 35.0 Å². The van der Waals surface area contributed by atoms with Crippen LogP contribution >= 0.6 is 0 Å². The molecule has 1 aliphatic heterocycles. The number of rotatable bonds is 8. The van der Waals surface area contributed by atoms with E-state index >= 15 is 0 Å². The van der Waals surface area contributed by atoms with E-state index in [4.69, 9.17) is 4.74 Å². The van der Waals surface area contributed by atoms with Crippen molar-refractivity contribution in [3.63, 3.8) is 0 Å². The second-order valence-electron chi connectivity index (χ2n) is 7.54. The lowest BCUT2D eigenvalue weighted by molar-refractivity contribution is -0.151. The summed E-state index contributed by atoms with van der Waals surface area (Å²) in [6.45, 7) is 6.64. The van der Waals surface area contributed by atoms with Gasteiger partial charge in [0, 0.05) is 25.6 Å². The Balaban J connectivity index is 1.97. The number of halogens is 1. The van der Waals surface area contributed by atoms with Gasteiger partial charge in [-0.05, 0) is 49.9 Å². The highest BCUT2D eigenvalue weighted by atomic mass is 32.2. The number of esters is 1. The number of sulfonamides is 1. The molecule has 0 aliphatic carbocycles. The summed E-state index contributed by atoms with van der Waals surface area (Å²) < 4.78 is 45.8. The first-order chi connectivity index (χ1) is 13.6. The Morgan fingerprint density at radius 3 is 2.31 bits per heavy atom. The van der Waals surface area contributed by atoms with Crippen molar-refractivity contribution >= 4 is 21.9 Å². The third-order valence-corrected chi connectivity index (χ3v) is 6.60. The number of piperidine rings is 1. The van der Waals surface area contributed by atoms with Gasteiger partial charge in [-0.3, -0.25) is 9.59 Å². The Hall–Kier alpha value is -2.00. The zero-order valence-electron chi connectivity index (χ0n) is 17.1. The Kier molecular flexibility index (Phi) is 8.15. The van der Waals surface area contributed by atoms with Gasteiger partial charge in [0.25, 0.3) is 0 Å². The van der Waals surface area contributed by atoms with E-state index < -0.39 is 21.9 Å².